The van der Waals surface area contributed by atoms with Crippen LogP contribution >= 0.6 is 0 Å². The van der Waals surface area contributed by atoms with Gasteiger partial charge in [-0.05, 0) is 122 Å². The molecule has 0 amide bonds. The zero-order valence-corrected chi connectivity index (χ0v) is 35.2. The van der Waals surface area contributed by atoms with Crippen LogP contribution in [-0.2, 0) is 11.8 Å². The van der Waals surface area contributed by atoms with E-state index in [2.05, 4.69) is 211 Å². The quantitative estimate of drug-likeness (QED) is 0.173. The topological polar surface area (TPSA) is 30.7 Å². The Kier molecular flexibility index (Phi) is 7.56. The van der Waals surface area contributed by atoms with E-state index < -0.39 is 5.41 Å². The Morgan fingerprint density at radius 3 is 2.11 bits per heavy atom. The molecule has 0 bridgehead atoms. The molecular formula is C61H41N3. The Labute approximate surface area is 371 Å². The van der Waals surface area contributed by atoms with E-state index in [1.165, 1.54) is 105 Å². The Bertz CT molecular complexity index is 3720. The zero-order chi connectivity index (χ0) is 41.9. The molecule has 0 saturated heterocycles. The lowest BCUT2D eigenvalue weighted by atomic mass is 9.67. The highest BCUT2D eigenvalue weighted by Crippen LogP contribution is 2.57. The molecule has 3 heteroatoms. The summed E-state index contributed by atoms with van der Waals surface area (Å²) in [5.41, 5.74) is 20.8. The first kappa shape index (κ1) is 35.7. The summed E-state index contributed by atoms with van der Waals surface area (Å²) in [6.45, 7) is 0. The molecule has 14 rings (SSSR count). The van der Waals surface area contributed by atoms with Gasteiger partial charge in [-0.3, -0.25) is 0 Å². The third-order valence-corrected chi connectivity index (χ3v) is 14.6. The lowest BCUT2D eigenvalue weighted by Crippen LogP contribution is -2.29. The summed E-state index contributed by atoms with van der Waals surface area (Å²) in [6.07, 6.45) is 12.4. The van der Waals surface area contributed by atoms with Crippen LogP contribution in [-0.4, -0.2) is 14.5 Å². The molecule has 64 heavy (non-hydrogen) atoms. The van der Waals surface area contributed by atoms with Crippen molar-refractivity contribution in [1.29, 1.82) is 0 Å². The van der Waals surface area contributed by atoms with Gasteiger partial charge in [-0.25, -0.2) is 9.97 Å². The first-order valence-corrected chi connectivity index (χ1v) is 22.6. The van der Waals surface area contributed by atoms with Gasteiger partial charge in [-0.1, -0.05) is 170 Å². The van der Waals surface area contributed by atoms with Crippen LogP contribution in [0.25, 0.3) is 90.4 Å². The molecule has 10 aromatic rings. The SMILES string of the molecule is C1=Cc2c(n(-c3ccc4c(c3)=CCC(c3nc5c6c(cccc6n3)-c3ccccc3-5)C=4)c3ccc(-c4ccc5c(c4)C(c4ccccc4)(c4ccccc4)c4ccccc4-5)cc23)CC1. The largest absolute Gasteiger partial charge is 0.313 e. The molecule has 2 aromatic heterocycles. The Hall–Kier alpha value is -7.88. The first-order valence-electron chi connectivity index (χ1n) is 22.6. The third-order valence-electron chi connectivity index (χ3n) is 14.6. The standard InChI is InChI=1S/C61H41N3/c1-3-14-43(15-4-1)61(44-16-5-2-6-17-44)53-23-11-9-19-47(53)48-32-29-41(37-54(48)61)40-30-33-57-52(36-40)49-20-10-12-25-56(49)64(57)45-31-28-38-34-42(27-26-39(38)35-45)60-62-55-24-13-22-50-46-18-7-8-21-51(46)59(63-60)58(50)55/h1-11,13-24,26,28-37,42H,12,25,27H2. The van der Waals surface area contributed by atoms with E-state index in [0.717, 1.165) is 36.3 Å². The lowest BCUT2D eigenvalue weighted by Gasteiger charge is -2.34. The molecule has 4 aliphatic carbocycles. The van der Waals surface area contributed by atoms with Crippen molar-refractivity contribution in [3.05, 3.63) is 238 Å². The molecule has 0 fully saturated rings. The van der Waals surface area contributed by atoms with Gasteiger partial charge >= 0.3 is 0 Å². The van der Waals surface area contributed by atoms with Crippen LogP contribution in [0.2, 0.25) is 0 Å². The van der Waals surface area contributed by atoms with Crippen LogP contribution in [0.3, 0.4) is 0 Å². The normalized spacial score (nSPS) is 15.8. The maximum absolute atomic E-state index is 5.27. The summed E-state index contributed by atoms with van der Waals surface area (Å²) in [4.78, 5) is 10.4. The van der Waals surface area contributed by atoms with Crippen molar-refractivity contribution < 1.29 is 0 Å². The summed E-state index contributed by atoms with van der Waals surface area (Å²) in [5.74, 6) is 1.01. The minimum absolute atomic E-state index is 0.109. The Balaban J connectivity index is 0.871. The van der Waals surface area contributed by atoms with Gasteiger partial charge in [-0.15, -0.1) is 0 Å². The fourth-order valence-corrected chi connectivity index (χ4v) is 11.8. The molecule has 8 aromatic carbocycles. The number of hydrogen-bond acceptors (Lipinski definition) is 2. The minimum Gasteiger partial charge on any atom is -0.313 e. The molecule has 2 heterocycles. The van der Waals surface area contributed by atoms with E-state index in [0.29, 0.717) is 0 Å². The van der Waals surface area contributed by atoms with Gasteiger partial charge in [-0.2, -0.15) is 0 Å². The second-order valence-electron chi connectivity index (χ2n) is 17.9. The van der Waals surface area contributed by atoms with Crippen molar-refractivity contribution in [3.63, 3.8) is 0 Å². The predicted octanol–water partition coefficient (Wildman–Crippen LogP) is 13.0. The monoisotopic (exact) mass is 815 g/mol. The zero-order valence-electron chi connectivity index (χ0n) is 35.2. The van der Waals surface area contributed by atoms with Crippen LogP contribution in [0, 0.1) is 0 Å². The summed E-state index contributed by atoms with van der Waals surface area (Å²) >= 11 is 0. The van der Waals surface area contributed by atoms with Crippen LogP contribution in [0.1, 0.15) is 58.1 Å². The van der Waals surface area contributed by atoms with Crippen molar-refractivity contribution in [3.8, 4) is 50.3 Å². The van der Waals surface area contributed by atoms with Crippen LogP contribution < -0.4 is 10.4 Å². The number of hydrogen-bond donors (Lipinski definition) is 0. The third kappa shape index (κ3) is 4.98. The summed E-state index contributed by atoms with van der Waals surface area (Å²) in [6, 6.07) is 67.6. The molecule has 0 spiro atoms. The number of fused-ring (bicyclic) bond motifs is 10. The molecule has 4 aliphatic rings. The van der Waals surface area contributed by atoms with Gasteiger partial charge < -0.3 is 4.57 Å². The molecular weight excluding hydrogens is 775 g/mol. The van der Waals surface area contributed by atoms with E-state index in [1.54, 1.807) is 0 Å². The predicted molar refractivity (Wildman–Crippen MR) is 263 cm³/mol. The van der Waals surface area contributed by atoms with Crippen LogP contribution in [0.15, 0.2) is 188 Å². The molecule has 0 saturated carbocycles. The van der Waals surface area contributed by atoms with Gasteiger partial charge in [0.2, 0.25) is 0 Å². The van der Waals surface area contributed by atoms with Crippen LogP contribution in [0.4, 0.5) is 0 Å². The molecule has 0 aliphatic heterocycles. The Morgan fingerprint density at radius 2 is 1.27 bits per heavy atom. The number of benzene rings is 8. The molecule has 0 N–H and O–H groups in total. The van der Waals surface area contributed by atoms with Crippen molar-refractivity contribution in [2.75, 3.05) is 0 Å². The molecule has 300 valence electrons. The average Bonchev–Trinajstić information content (AvgIpc) is 3.98. The fourth-order valence-electron chi connectivity index (χ4n) is 11.8. The molecule has 1 unspecified atom stereocenters. The van der Waals surface area contributed by atoms with Crippen molar-refractivity contribution in [1.82, 2.24) is 14.5 Å². The van der Waals surface area contributed by atoms with Gasteiger partial charge in [0.15, 0.2) is 0 Å². The number of nitrogens with zero attached hydrogens (tertiary/aromatic N) is 3. The second kappa shape index (κ2) is 13.6. The van der Waals surface area contributed by atoms with E-state index in [4.69, 9.17) is 9.97 Å². The molecule has 0 radical (unpaired) electrons. The highest BCUT2D eigenvalue weighted by Gasteiger charge is 2.46. The highest BCUT2D eigenvalue weighted by molar-refractivity contribution is 6.12. The summed E-state index contributed by atoms with van der Waals surface area (Å²) in [5, 5.41) is 4.98. The number of rotatable bonds is 5. The number of allylic oxidation sites excluding steroid dienone is 1. The smallest absolute Gasteiger partial charge is 0.136 e. The van der Waals surface area contributed by atoms with Crippen LogP contribution in [0.5, 0.6) is 0 Å². The van der Waals surface area contributed by atoms with Crippen molar-refractivity contribution in [2.45, 2.75) is 30.6 Å². The highest BCUT2D eigenvalue weighted by atomic mass is 15.0. The average molecular weight is 816 g/mol. The fraction of sp³-hybridized carbons (Fsp3) is 0.0820. The maximum atomic E-state index is 5.27. The number of aromatic nitrogens is 3. The Morgan fingerprint density at radius 1 is 0.547 bits per heavy atom. The van der Waals surface area contributed by atoms with Crippen molar-refractivity contribution in [2.24, 2.45) is 0 Å². The van der Waals surface area contributed by atoms with E-state index in [9.17, 15) is 0 Å². The molecule has 1 atom stereocenters. The van der Waals surface area contributed by atoms with Gasteiger partial charge in [0.05, 0.1) is 22.1 Å². The van der Waals surface area contributed by atoms with E-state index in [1.807, 2.05) is 0 Å². The minimum atomic E-state index is -0.435. The van der Waals surface area contributed by atoms with E-state index in [-0.39, 0.29) is 5.92 Å². The van der Waals surface area contributed by atoms with Gasteiger partial charge in [0, 0.05) is 39.2 Å². The maximum Gasteiger partial charge on any atom is 0.136 e. The summed E-state index contributed by atoms with van der Waals surface area (Å²) in [7, 11) is 0. The second-order valence-corrected chi connectivity index (χ2v) is 17.9. The summed E-state index contributed by atoms with van der Waals surface area (Å²) < 4.78 is 2.52. The van der Waals surface area contributed by atoms with Crippen molar-refractivity contribution >= 4 is 40.0 Å². The molecule has 3 nitrogen and oxygen atoms in total. The lowest BCUT2D eigenvalue weighted by molar-refractivity contribution is 0.769. The van der Waals surface area contributed by atoms with Gasteiger partial charge in [0.1, 0.15) is 5.82 Å². The van der Waals surface area contributed by atoms with E-state index >= 15 is 0 Å². The first-order chi connectivity index (χ1) is 31.7. The van der Waals surface area contributed by atoms with Gasteiger partial charge in [0.25, 0.3) is 0 Å².